The Morgan fingerprint density at radius 3 is 2.67 bits per heavy atom. The molecule has 0 spiro atoms. The highest BCUT2D eigenvalue weighted by Gasteiger charge is 2.49. The summed E-state index contributed by atoms with van der Waals surface area (Å²) in [6.45, 7) is 0.802. The zero-order chi connectivity index (χ0) is 16.9. The van der Waals surface area contributed by atoms with Crippen LogP contribution in [0.5, 0.6) is 0 Å². The molecule has 0 radical (unpaired) electrons. The zero-order valence-corrected chi connectivity index (χ0v) is 13.6. The van der Waals surface area contributed by atoms with E-state index >= 15 is 0 Å². The van der Waals surface area contributed by atoms with Crippen molar-refractivity contribution in [1.82, 2.24) is 9.88 Å². The monoisotopic (exact) mass is 336 g/mol. The summed E-state index contributed by atoms with van der Waals surface area (Å²) in [5.41, 5.74) is 2.25. The SMILES string of the molecule is O=C(NC1CCc2c(ccc(=O)n2CC2CC2)C1)C1CC(F)(F)C1. The summed E-state index contributed by atoms with van der Waals surface area (Å²) in [6, 6.07) is 3.44. The predicted molar refractivity (Wildman–Crippen MR) is 85.1 cm³/mol. The van der Waals surface area contributed by atoms with Crippen molar-refractivity contribution in [3.63, 3.8) is 0 Å². The third kappa shape index (κ3) is 3.10. The zero-order valence-electron chi connectivity index (χ0n) is 13.6. The van der Waals surface area contributed by atoms with Gasteiger partial charge in [-0.15, -0.1) is 0 Å². The number of fused-ring (bicyclic) bond motifs is 1. The summed E-state index contributed by atoms with van der Waals surface area (Å²) >= 11 is 0. The van der Waals surface area contributed by atoms with E-state index in [1.807, 2.05) is 10.6 Å². The lowest BCUT2D eigenvalue weighted by molar-refractivity contribution is -0.150. The van der Waals surface area contributed by atoms with Crippen molar-refractivity contribution in [2.45, 2.75) is 63.5 Å². The van der Waals surface area contributed by atoms with Crippen LogP contribution in [0, 0.1) is 11.8 Å². The van der Waals surface area contributed by atoms with Gasteiger partial charge in [0.25, 0.3) is 5.56 Å². The minimum absolute atomic E-state index is 0.0221. The fourth-order valence-corrected chi connectivity index (χ4v) is 3.87. The fraction of sp³-hybridized carbons (Fsp3) is 0.667. The molecule has 1 amide bonds. The Morgan fingerprint density at radius 1 is 1.25 bits per heavy atom. The predicted octanol–water partition coefficient (Wildman–Crippen LogP) is 2.28. The Kier molecular flexibility index (Phi) is 3.73. The van der Waals surface area contributed by atoms with Crippen LogP contribution in [0.25, 0.3) is 0 Å². The summed E-state index contributed by atoms with van der Waals surface area (Å²) in [6.07, 6.45) is 3.92. The van der Waals surface area contributed by atoms with E-state index in [2.05, 4.69) is 5.32 Å². The highest BCUT2D eigenvalue weighted by Crippen LogP contribution is 2.42. The van der Waals surface area contributed by atoms with Crippen LogP contribution in [0.4, 0.5) is 8.78 Å². The van der Waals surface area contributed by atoms with Gasteiger partial charge in [-0.05, 0) is 43.6 Å². The summed E-state index contributed by atoms with van der Waals surface area (Å²) in [5, 5.41) is 2.93. The van der Waals surface area contributed by atoms with Gasteiger partial charge in [0.05, 0.1) is 0 Å². The Morgan fingerprint density at radius 2 is 2.00 bits per heavy atom. The number of amides is 1. The molecule has 0 aliphatic heterocycles. The molecule has 2 saturated carbocycles. The standard InChI is InChI=1S/C18H22F2N2O2/c19-18(20)8-13(9-18)17(24)21-14-4-5-15-12(7-14)3-6-16(23)22(15)10-11-1-2-11/h3,6,11,13-14H,1-2,4-5,7-10H2,(H,21,24). The number of pyridine rings is 1. The molecule has 1 unspecified atom stereocenters. The number of alkyl halides is 2. The minimum Gasteiger partial charge on any atom is -0.353 e. The van der Waals surface area contributed by atoms with Crippen molar-refractivity contribution in [3.05, 3.63) is 33.7 Å². The highest BCUT2D eigenvalue weighted by molar-refractivity contribution is 5.80. The van der Waals surface area contributed by atoms with Gasteiger partial charge in [0.1, 0.15) is 0 Å². The van der Waals surface area contributed by atoms with Gasteiger partial charge in [-0.1, -0.05) is 6.07 Å². The average molecular weight is 336 g/mol. The van der Waals surface area contributed by atoms with Crippen molar-refractivity contribution >= 4 is 5.91 Å². The van der Waals surface area contributed by atoms with Crippen LogP contribution < -0.4 is 10.9 Å². The first-order valence-electron chi connectivity index (χ1n) is 8.81. The van der Waals surface area contributed by atoms with Crippen LogP contribution in [0.1, 0.15) is 43.4 Å². The lowest BCUT2D eigenvalue weighted by atomic mass is 9.80. The maximum Gasteiger partial charge on any atom is 0.250 e. The van der Waals surface area contributed by atoms with Crippen molar-refractivity contribution in [2.24, 2.45) is 11.8 Å². The molecule has 4 rings (SSSR count). The summed E-state index contributed by atoms with van der Waals surface area (Å²) in [5.74, 6) is -2.84. The number of halogens is 2. The van der Waals surface area contributed by atoms with E-state index in [4.69, 9.17) is 0 Å². The molecule has 0 aromatic carbocycles. The van der Waals surface area contributed by atoms with Crippen LogP contribution >= 0.6 is 0 Å². The molecular weight excluding hydrogens is 314 g/mol. The van der Waals surface area contributed by atoms with Crippen molar-refractivity contribution in [2.75, 3.05) is 0 Å². The number of nitrogens with one attached hydrogen (secondary N) is 1. The number of hydrogen-bond acceptors (Lipinski definition) is 2. The summed E-state index contributed by atoms with van der Waals surface area (Å²) < 4.78 is 27.7. The first-order valence-corrected chi connectivity index (χ1v) is 8.81. The molecule has 1 atom stereocenters. The summed E-state index contributed by atoms with van der Waals surface area (Å²) in [7, 11) is 0. The molecule has 6 heteroatoms. The lowest BCUT2D eigenvalue weighted by Gasteiger charge is -2.35. The molecule has 3 aliphatic rings. The van der Waals surface area contributed by atoms with E-state index in [0.29, 0.717) is 12.3 Å². The van der Waals surface area contributed by atoms with Crippen LogP contribution in [-0.4, -0.2) is 22.4 Å². The van der Waals surface area contributed by atoms with E-state index in [9.17, 15) is 18.4 Å². The summed E-state index contributed by atoms with van der Waals surface area (Å²) in [4.78, 5) is 24.2. The fourth-order valence-electron chi connectivity index (χ4n) is 3.87. The van der Waals surface area contributed by atoms with E-state index in [1.165, 1.54) is 12.8 Å². The first kappa shape index (κ1) is 15.8. The molecule has 24 heavy (non-hydrogen) atoms. The van der Waals surface area contributed by atoms with Crippen molar-refractivity contribution in [3.8, 4) is 0 Å². The molecule has 1 aromatic rings. The van der Waals surface area contributed by atoms with E-state index < -0.39 is 11.8 Å². The number of nitrogens with zero attached hydrogens (tertiary/aromatic N) is 1. The Bertz CT molecular complexity index is 716. The Hall–Kier alpha value is -1.72. The van der Waals surface area contributed by atoms with Crippen LogP contribution in [0.2, 0.25) is 0 Å². The molecule has 130 valence electrons. The van der Waals surface area contributed by atoms with Crippen LogP contribution in [0.3, 0.4) is 0 Å². The average Bonchev–Trinajstić information content (AvgIpc) is 3.32. The van der Waals surface area contributed by atoms with Gasteiger partial charge in [0.15, 0.2) is 0 Å². The molecule has 1 heterocycles. The number of carbonyl (C=O) groups is 1. The molecule has 3 aliphatic carbocycles. The van der Waals surface area contributed by atoms with Gasteiger partial charge in [-0.2, -0.15) is 0 Å². The Labute approximate surface area is 139 Å². The number of hydrogen-bond donors (Lipinski definition) is 1. The molecule has 2 fully saturated rings. The van der Waals surface area contributed by atoms with Crippen molar-refractivity contribution in [1.29, 1.82) is 0 Å². The second-order valence-electron chi connectivity index (χ2n) is 7.61. The van der Waals surface area contributed by atoms with Gasteiger partial charge in [0.2, 0.25) is 11.8 Å². The third-order valence-corrected chi connectivity index (χ3v) is 5.53. The van der Waals surface area contributed by atoms with Crippen LogP contribution in [0.15, 0.2) is 16.9 Å². The van der Waals surface area contributed by atoms with E-state index in [0.717, 1.165) is 30.6 Å². The van der Waals surface area contributed by atoms with Gasteiger partial charge in [-0.3, -0.25) is 9.59 Å². The number of carbonyl (C=O) groups excluding carboxylic acids is 1. The number of aromatic nitrogens is 1. The van der Waals surface area contributed by atoms with Gasteiger partial charge >= 0.3 is 0 Å². The Balaban J connectivity index is 1.42. The second kappa shape index (κ2) is 5.67. The lowest BCUT2D eigenvalue weighted by Crippen LogP contribution is -2.49. The quantitative estimate of drug-likeness (QED) is 0.917. The second-order valence-corrected chi connectivity index (χ2v) is 7.61. The smallest absolute Gasteiger partial charge is 0.250 e. The highest BCUT2D eigenvalue weighted by atomic mass is 19.3. The van der Waals surface area contributed by atoms with Gasteiger partial charge in [-0.25, -0.2) is 8.78 Å². The number of rotatable bonds is 4. The normalized spacial score (nSPS) is 25.7. The van der Waals surface area contributed by atoms with Gasteiger partial charge < -0.3 is 9.88 Å². The van der Waals surface area contributed by atoms with Crippen LogP contribution in [-0.2, 0) is 24.2 Å². The maximum absolute atomic E-state index is 12.9. The maximum atomic E-state index is 12.9. The largest absolute Gasteiger partial charge is 0.353 e. The molecule has 0 saturated heterocycles. The molecule has 4 nitrogen and oxygen atoms in total. The molecular formula is C18H22F2N2O2. The van der Waals surface area contributed by atoms with Crippen molar-refractivity contribution < 1.29 is 13.6 Å². The molecule has 1 aromatic heterocycles. The third-order valence-electron chi connectivity index (χ3n) is 5.53. The van der Waals surface area contributed by atoms with E-state index in [1.54, 1.807) is 6.07 Å². The van der Waals surface area contributed by atoms with Gasteiger partial charge in [0, 0.05) is 43.1 Å². The molecule has 0 bridgehead atoms. The minimum atomic E-state index is -2.67. The first-order chi connectivity index (χ1) is 11.4. The topological polar surface area (TPSA) is 51.1 Å². The van der Waals surface area contributed by atoms with E-state index in [-0.39, 0.29) is 30.3 Å². The molecule has 1 N–H and O–H groups in total.